The molecule has 8 heteroatoms. The first-order valence-electron chi connectivity index (χ1n) is 9.55. The van der Waals surface area contributed by atoms with Crippen LogP contribution in [0.2, 0.25) is 0 Å². The number of rotatable bonds is 9. The lowest BCUT2D eigenvalue weighted by Crippen LogP contribution is -2.44. The van der Waals surface area contributed by atoms with E-state index >= 15 is 0 Å². The second kappa shape index (κ2) is 9.94. The zero-order valence-electron chi connectivity index (χ0n) is 16.6. The molecule has 1 aromatic carbocycles. The molecule has 1 fully saturated rings. The van der Waals surface area contributed by atoms with Gasteiger partial charge < -0.3 is 14.5 Å². The number of hydrogen-bond donors (Lipinski definition) is 0. The highest BCUT2D eigenvalue weighted by atomic mass is 32.2. The second-order valence-corrected chi connectivity index (χ2v) is 8.65. The molecule has 1 saturated heterocycles. The van der Waals surface area contributed by atoms with Crippen LogP contribution in [0.1, 0.15) is 26.7 Å². The molecule has 0 bridgehead atoms. The molecule has 0 N–H and O–H groups in total. The molecule has 0 aromatic heterocycles. The summed E-state index contributed by atoms with van der Waals surface area (Å²) in [5.74, 6) is -0.166. The molecule has 152 valence electrons. The first kappa shape index (κ1) is 21.5. The molecule has 1 aromatic rings. The molecule has 2 rings (SSSR count). The lowest BCUT2D eigenvalue weighted by molar-refractivity contribution is -0.129. The third-order valence-corrected chi connectivity index (χ3v) is 5.65. The number of ether oxygens (including phenoxy) is 1. The number of amides is 1. The van der Waals surface area contributed by atoms with E-state index in [2.05, 4.69) is 4.90 Å². The van der Waals surface area contributed by atoms with Crippen molar-refractivity contribution < 1.29 is 17.9 Å². The zero-order valence-corrected chi connectivity index (χ0v) is 17.4. The van der Waals surface area contributed by atoms with Gasteiger partial charge in [0, 0.05) is 26.2 Å². The summed E-state index contributed by atoms with van der Waals surface area (Å²) in [5, 5.41) is 0. The predicted molar refractivity (Wildman–Crippen MR) is 109 cm³/mol. The van der Waals surface area contributed by atoms with Crippen LogP contribution < -0.4 is 9.21 Å². The summed E-state index contributed by atoms with van der Waals surface area (Å²) >= 11 is 0. The highest BCUT2D eigenvalue weighted by Gasteiger charge is 2.27. The number of sulfonamides is 1. The average molecular weight is 398 g/mol. The minimum absolute atomic E-state index is 0.166. The molecule has 0 atom stereocenters. The van der Waals surface area contributed by atoms with Gasteiger partial charge in [0.1, 0.15) is 6.54 Å². The van der Waals surface area contributed by atoms with Gasteiger partial charge in [-0.05, 0) is 25.0 Å². The van der Waals surface area contributed by atoms with Crippen LogP contribution in [0.15, 0.2) is 24.3 Å². The van der Waals surface area contributed by atoms with Crippen molar-refractivity contribution in [1.82, 2.24) is 4.90 Å². The summed E-state index contributed by atoms with van der Waals surface area (Å²) in [5.41, 5.74) is 1.36. The van der Waals surface area contributed by atoms with E-state index in [0.717, 1.165) is 24.8 Å². The maximum absolute atomic E-state index is 12.8. The van der Waals surface area contributed by atoms with Crippen LogP contribution in [0.5, 0.6) is 0 Å². The molecule has 1 amide bonds. The minimum Gasteiger partial charge on any atom is -0.378 e. The molecule has 0 radical (unpaired) electrons. The smallest absolute Gasteiger partial charge is 0.243 e. The minimum atomic E-state index is -3.61. The van der Waals surface area contributed by atoms with Crippen molar-refractivity contribution in [3.8, 4) is 0 Å². The molecule has 1 aliphatic heterocycles. The summed E-state index contributed by atoms with van der Waals surface area (Å²) in [6.45, 7) is 7.71. The summed E-state index contributed by atoms with van der Waals surface area (Å²) in [6, 6.07) is 7.36. The van der Waals surface area contributed by atoms with Gasteiger partial charge in [0.15, 0.2) is 0 Å². The Labute approximate surface area is 162 Å². The molecular formula is C19H31N3O4S. The van der Waals surface area contributed by atoms with Crippen LogP contribution in [-0.4, -0.2) is 71.4 Å². The number of para-hydroxylation sites is 2. The van der Waals surface area contributed by atoms with Gasteiger partial charge in [0.2, 0.25) is 15.9 Å². The number of benzene rings is 1. The highest BCUT2D eigenvalue weighted by Crippen LogP contribution is 2.31. The van der Waals surface area contributed by atoms with Gasteiger partial charge in [-0.1, -0.05) is 26.0 Å². The Morgan fingerprint density at radius 1 is 1.11 bits per heavy atom. The van der Waals surface area contributed by atoms with Gasteiger partial charge in [-0.2, -0.15) is 0 Å². The van der Waals surface area contributed by atoms with E-state index in [1.54, 1.807) is 17.0 Å². The van der Waals surface area contributed by atoms with Gasteiger partial charge in [-0.25, -0.2) is 8.42 Å². The lowest BCUT2D eigenvalue weighted by Gasteiger charge is -2.34. The van der Waals surface area contributed by atoms with Gasteiger partial charge in [-0.3, -0.25) is 9.10 Å². The van der Waals surface area contributed by atoms with Crippen LogP contribution >= 0.6 is 0 Å². The predicted octanol–water partition coefficient (Wildman–Crippen LogP) is 1.94. The van der Waals surface area contributed by atoms with Crippen molar-refractivity contribution >= 4 is 27.3 Å². The topological polar surface area (TPSA) is 70.2 Å². The lowest BCUT2D eigenvalue weighted by atomic mass is 10.2. The number of carbonyl (C=O) groups is 1. The van der Waals surface area contributed by atoms with Gasteiger partial charge in [0.25, 0.3) is 0 Å². The Morgan fingerprint density at radius 3 is 2.26 bits per heavy atom. The van der Waals surface area contributed by atoms with E-state index in [1.165, 1.54) is 4.31 Å². The standard InChI is InChI=1S/C19H31N3O4S/c1-4-10-21(11-5-2)19(23)16-22(27(3,24)25)18-9-7-6-8-17(18)20-12-14-26-15-13-20/h6-9H,4-5,10-16H2,1-3H3. The molecule has 0 saturated carbocycles. The summed E-state index contributed by atoms with van der Waals surface area (Å²) < 4.78 is 31.7. The van der Waals surface area contributed by atoms with E-state index in [1.807, 2.05) is 26.0 Å². The van der Waals surface area contributed by atoms with Crippen molar-refractivity contribution in [2.75, 3.05) is 61.4 Å². The third kappa shape index (κ3) is 5.84. The molecule has 0 unspecified atom stereocenters. The fourth-order valence-corrected chi connectivity index (χ4v) is 4.11. The van der Waals surface area contributed by atoms with E-state index in [-0.39, 0.29) is 12.5 Å². The Hall–Kier alpha value is -1.80. The second-order valence-electron chi connectivity index (χ2n) is 6.74. The molecule has 1 heterocycles. The first-order chi connectivity index (χ1) is 12.9. The third-order valence-electron chi connectivity index (χ3n) is 4.52. The molecule has 27 heavy (non-hydrogen) atoms. The van der Waals surface area contributed by atoms with Crippen molar-refractivity contribution in [3.63, 3.8) is 0 Å². The van der Waals surface area contributed by atoms with E-state index in [0.29, 0.717) is 45.1 Å². The van der Waals surface area contributed by atoms with E-state index in [4.69, 9.17) is 4.74 Å². The Balaban J connectivity index is 2.33. The Kier molecular flexibility index (Phi) is 7.91. The largest absolute Gasteiger partial charge is 0.378 e. The van der Waals surface area contributed by atoms with Crippen LogP contribution in [0.25, 0.3) is 0 Å². The van der Waals surface area contributed by atoms with Gasteiger partial charge in [0.05, 0.1) is 30.8 Å². The molecule has 0 aliphatic carbocycles. The SMILES string of the molecule is CCCN(CCC)C(=O)CN(c1ccccc1N1CCOCC1)S(C)(=O)=O. The Morgan fingerprint density at radius 2 is 1.70 bits per heavy atom. The van der Waals surface area contributed by atoms with Crippen molar-refractivity contribution in [2.45, 2.75) is 26.7 Å². The molecule has 0 spiro atoms. The fourth-order valence-electron chi connectivity index (χ4n) is 3.25. The van der Waals surface area contributed by atoms with E-state index < -0.39 is 10.0 Å². The van der Waals surface area contributed by atoms with Crippen molar-refractivity contribution in [2.24, 2.45) is 0 Å². The number of hydrogen-bond acceptors (Lipinski definition) is 5. The number of nitrogens with zero attached hydrogens (tertiary/aromatic N) is 3. The van der Waals surface area contributed by atoms with Crippen LogP contribution in [-0.2, 0) is 19.6 Å². The van der Waals surface area contributed by atoms with Crippen molar-refractivity contribution in [1.29, 1.82) is 0 Å². The van der Waals surface area contributed by atoms with Gasteiger partial charge in [-0.15, -0.1) is 0 Å². The van der Waals surface area contributed by atoms with E-state index in [9.17, 15) is 13.2 Å². The van der Waals surface area contributed by atoms with Gasteiger partial charge >= 0.3 is 0 Å². The molecular weight excluding hydrogens is 366 g/mol. The molecule has 7 nitrogen and oxygen atoms in total. The summed E-state index contributed by atoms with van der Waals surface area (Å²) in [6.07, 6.45) is 2.84. The van der Waals surface area contributed by atoms with Crippen molar-refractivity contribution in [3.05, 3.63) is 24.3 Å². The van der Waals surface area contributed by atoms with Crippen LogP contribution in [0.4, 0.5) is 11.4 Å². The highest BCUT2D eigenvalue weighted by molar-refractivity contribution is 7.92. The first-order valence-corrected chi connectivity index (χ1v) is 11.4. The van der Waals surface area contributed by atoms with Crippen LogP contribution in [0, 0.1) is 0 Å². The Bertz CT molecular complexity index is 711. The zero-order chi connectivity index (χ0) is 19.9. The number of anilines is 2. The normalized spacial score (nSPS) is 14.9. The number of morpholine rings is 1. The summed E-state index contributed by atoms with van der Waals surface area (Å²) in [4.78, 5) is 16.7. The maximum Gasteiger partial charge on any atom is 0.243 e. The van der Waals surface area contributed by atoms with Crippen LogP contribution in [0.3, 0.4) is 0 Å². The maximum atomic E-state index is 12.8. The summed E-state index contributed by atoms with van der Waals surface area (Å²) in [7, 11) is -3.61. The average Bonchev–Trinajstić information content (AvgIpc) is 2.65. The molecule has 1 aliphatic rings. The number of carbonyl (C=O) groups excluding carboxylic acids is 1. The fraction of sp³-hybridized carbons (Fsp3) is 0.632. The monoisotopic (exact) mass is 397 g/mol. The quantitative estimate of drug-likeness (QED) is 0.637.